The largest absolute Gasteiger partial charge is 0.508 e. The van der Waals surface area contributed by atoms with E-state index >= 15 is 0 Å². The van der Waals surface area contributed by atoms with E-state index in [0.29, 0.717) is 11.9 Å². The third kappa shape index (κ3) is 4.73. The molecule has 0 radical (unpaired) electrons. The summed E-state index contributed by atoms with van der Waals surface area (Å²) in [6, 6.07) is 15.7. The molecule has 4 heteroatoms. The van der Waals surface area contributed by atoms with Crippen molar-refractivity contribution in [2.75, 3.05) is 20.3 Å². The van der Waals surface area contributed by atoms with E-state index in [1.54, 1.807) is 19.2 Å². The maximum absolute atomic E-state index is 9.46. The second kappa shape index (κ2) is 8.18. The van der Waals surface area contributed by atoms with E-state index < -0.39 is 0 Å². The molecule has 0 spiro atoms. The summed E-state index contributed by atoms with van der Waals surface area (Å²) in [6.07, 6.45) is 2.61. The average Bonchev–Trinajstić information content (AvgIpc) is 3.10. The summed E-state index contributed by atoms with van der Waals surface area (Å²) in [4.78, 5) is 2.41. The molecule has 1 aliphatic rings. The molecule has 1 saturated heterocycles. The molecule has 1 N–H and O–H groups in total. The number of methoxy groups -OCH3 is 1. The number of ether oxygens (including phenoxy) is 2. The number of phenols is 1. The van der Waals surface area contributed by atoms with Gasteiger partial charge >= 0.3 is 0 Å². The van der Waals surface area contributed by atoms with Gasteiger partial charge in [0.2, 0.25) is 0 Å². The van der Waals surface area contributed by atoms with Crippen molar-refractivity contribution in [3.63, 3.8) is 0 Å². The smallest absolute Gasteiger partial charge is 0.118 e. The molecule has 2 aromatic carbocycles. The van der Waals surface area contributed by atoms with Crippen LogP contribution in [0.4, 0.5) is 0 Å². The van der Waals surface area contributed by atoms with Gasteiger partial charge in [-0.15, -0.1) is 0 Å². The quantitative estimate of drug-likeness (QED) is 0.844. The van der Waals surface area contributed by atoms with Crippen LogP contribution in [0.25, 0.3) is 0 Å². The van der Waals surface area contributed by atoms with Gasteiger partial charge in [-0.25, -0.2) is 0 Å². The highest BCUT2D eigenvalue weighted by molar-refractivity contribution is 5.28. The third-order valence-electron chi connectivity index (χ3n) is 4.39. The molecule has 0 bridgehead atoms. The monoisotopic (exact) mass is 327 g/mol. The number of aromatic hydroxyl groups is 1. The first-order valence-electron chi connectivity index (χ1n) is 8.48. The summed E-state index contributed by atoms with van der Waals surface area (Å²) in [5, 5.41) is 9.46. The summed E-state index contributed by atoms with van der Waals surface area (Å²) in [5.41, 5.74) is 2.45. The van der Waals surface area contributed by atoms with Gasteiger partial charge in [0, 0.05) is 26.2 Å². The number of hydrogen-bond acceptors (Lipinski definition) is 4. The first kappa shape index (κ1) is 16.8. The highest BCUT2D eigenvalue weighted by atomic mass is 16.5. The lowest BCUT2D eigenvalue weighted by molar-refractivity contribution is 0.0679. The van der Waals surface area contributed by atoms with Gasteiger partial charge in [0.15, 0.2) is 0 Å². The van der Waals surface area contributed by atoms with E-state index in [9.17, 15) is 5.11 Å². The van der Waals surface area contributed by atoms with Gasteiger partial charge < -0.3 is 14.6 Å². The lowest BCUT2D eigenvalue weighted by atomic mass is 10.1. The minimum Gasteiger partial charge on any atom is -0.508 e. The lowest BCUT2D eigenvalue weighted by Gasteiger charge is -2.25. The molecular weight excluding hydrogens is 302 g/mol. The fourth-order valence-corrected chi connectivity index (χ4v) is 3.11. The molecule has 128 valence electrons. The Kier molecular flexibility index (Phi) is 5.72. The van der Waals surface area contributed by atoms with Crippen LogP contribution in [0, 0.1) is 0 Å². The van der Waals surface area contributed by atoms with E-state index in [1.807, 2.05) is 24.3 Å². The predicted octanol–water partition coefficient (Wildman–Crippen LogP) is 3.58. The molecule has 3 rings (SSSR count). The second-order valence-electron chi connectivity index (χ2n) is 6.32. The van der Waals surface area contributed by atoms with Gasteiger partial charge in [-0.3, -0.25) is 4.90 Å². The predicted molar refractivity (Wildman–Crippen MR) is 94.2 cm³/mol. The molecule has 0 aromatic heterocycles. The summed E-state index contributed by atoms with van der Waals surface area (Å²) in [5.74, 6) is 1.18. The van der Waals surface area contributed by atoms with Crippen LogP contribution < -0.4 is 4.74 Å². The fourth-order valence-electron chi connectivity index (χ4n) is 3.11. The van der Waals surface area contributed by atoms with E-state index in [1.165, 1.54) is 11.1 Å². The van der Waals surface area contributed by atoms with E-state index in [4.69, 9.17) is 9.47 Å². The molecule has 24 heavy (non-hydrogen) atoms. The van der Waals surface area contributed by atoms with Gasteiger partial charge in [0.1, 0.15) is 11.5 Å². The number of rotatable bonds is 7. The van der Waals surface area contributed by atoms with Crippen LogP contribution in [-0.4, -0.2) is 36.4 Å². The molecule has 0 amide bonds. The maximum Gasteiger partial charge on any atom is 0.118 e. The van der Waals surface area contributed by atoms with Crippen LogP contribution in [0.5, 0.6) is 11.5 Å². The second-order valence-corrected chi connectivity index (χ2v) is 6.32. The van der Waals surface area contributed by atoms with Gasteiger partial charge in [0.25, 0.3) is 0 Å². The van der Waals surface area contributed by atoms with Crippen LogP contribution in [0.15, 0.2) is 48.5 Å². The lowest BCUT2D eigenvalue weighted by Crippen LogP contribution is -2.31. The molecule has 0 saturated carbocycles. The van der Waals surface area contributed by atoms with Crippen molar-refractivity contribution < 1.29 is 14.6 Å². The Balaban J connectivity index is 1.68. The van der Waals surface area contributed by atoms with Crippen LogP contribution in [0.2, 0.25) is 0 Å². The molecule has 1 unspecified atom stereocenters. The molecule has 1 fully saturated rings. The highest BCUT2D eigenvalue weighted by Gasteiger charge is 2.19. The zero-order chi connectivity index (χ0) is 16.8. The SMILES string of the molecule is COc1ccc(CN(Cc2ccc(O)cc2)CC2CCCO2)cc1. The Morgan fingerprint density at radius 3 is 2.21 bits per heavy atom. The number of hydrogen-bond donors (Lipinski definition) is 1. The van der Waals surface area contributed by atoms with Crippen LogP contribution in [-0.2, 0) is 17.8 Å². The van der Waals surface area contributed by atoms with Gasteiger partial charge in [-0.2, -0.15) is 0 Å². The number of nitrogens with zero attached hydrogens (tertiary/aromatic N) is 1. The van der Waals surface area contributed by atoms with E-state index in [-0.39, 0.29) is 0 Å². The van der Waals surface area contributed by atoms with Crippen molar-refractivity contribution in [2.45, 2.75) is 32.0 Å². The maximum atomic E-state index is 9.46. The van der Waals surface area contributed by atoms with Crippen molar-refractivity contribution in [2.24, 2.45) is 0 Å². The topological polar surface area (TPSA) is 41.9 Å². The molecule has 2 aromatic rings. The van der Waals surface area contributed by atoms with Gasteiger partial charge in [-0.1, -0.05) is 24.3 Å². The Morgan fingerprint density at radius 2 is 1.67 bits per heavy atom. The summed E-state index contributed by atoms with van der Waals surface area (Å²) < 4.78 is 11.0. The highest BCUT2D eigenvalue weighted by Crippen LogP contribution is 2.19. The first-order chi connectivity index (χ1) is 11.7. The normalized spacial score (nSPS) is 17.3. The standard InChI is InChI=1S/C20H25NO3/c1-23-19-10-6-17(7-11-19)14-21(15-20-3-2-12-24-20)13-16-4-8-18(22)9-5-16/h4-11,20,22H,2-3,12-15H2,1H3. The Hall–Kier alpha value is -2.04. The van der Waals surface area contributed by atoms with Crippen molar-refractivity contribution in [3.8, 4) is 11.5 Å². The number of benzene rings is 2. The van der Waals surface area contributed by atoms with Crippen molar-refractivity contribution in [3.05, 3.63) is 59.7 Å². The average molecular weight is 327 g/mol. The van der Waals surface area contributed by atoms with Gasteiger partial charge in [0.05, 0.1) is 13.2 Å². The molecule has 1 aliphatic heterocycles. The fraction of sp³-hybridized carbons (Fsp3) is 0.400. The third-order valence-corrected chi connectivity index (χ3v) is 4.39. The van der Waals surface area contributed by atoms with Crippen molar-refractivity contribution in [1.82, 2.24) is 4.90 Å². The Morgan fingerprint density at radius 1 is 1.04 bits per heavy atom. The summed E-state index contributed by atoms with van der Waals surface area (Å²) in [7, 11) is 1.68. The Labute approximate surface area is 143 Å². The molecule has 4 nitrogen and oxygen atoms in total. The summed E-state index contributed by atoms with van der Waals surface area (Å²) in [6.45, 7) is 3.50. The molecule has 0 aliphatic carbocycles. The molecular formula is C20H25NO3. The molecule has 1 atom stereocenters. The minimum absolute atomic E-state index is 0.305. The van der Waals surface area contributed by atoms with Crippen LogP contribution in [0.3, 0.4) is 0 Å². The van der Waals surface area contributed by atoms with E-state index in [0.717, 1.165) is 44.8 Å². The van der Waals surface area contributed by atoms with Crippen molar-refractivity contribution >= 4 is 0 Å². The van der Waals surface area contributed by atoms with E-state index in [2.05, 4.69) is 17.0 Å². The molecule has 1 heterocycles. The zero-order valence-corrected chi connectivity index (χ0v) is 14.1. The summed E-state index contributed by atoms with van der Waals surface area (Å²) >= 11 is 0. The van der Waals surface area contributed by atoms with Crippen molar-refractivity contribution in [1.29, 1.82) is 0 Å². The number of phenolic OH excluding ortho intramolecular Hbond substituents is 1. The zero-order valence-electron chi connectivity index (χ0n) is 14.1. The van der Waals surface area contributed by atoms with Crippen LogP contribution >= 0.6 is 0 Å². The first-order valence-corrected chi connectivity index (χ1v) is 8.48. The Bertz CT molecular complexity index is 618. The van der Waals surface area contributed by atoms with Gasteiger partial charge in [-0.05, 0) is 48.2 Å². The minimum atomic E-state index is 0.305. The van der Waals surface area contributed by atoms with Crippen LogP contribution in [0.1, 0.15) is 24.0 Å².